The van der Waals surface area contributed by atoms with E-state index in [1.807, 2.05) is 19.9 Å². The Kier molecular flexibility index (Phi) is 3.11. The summed E-state index contributed by atoms with van der Waals surface area (Å²) in [7, 11) is 1.63. The van der Waals surface area contributed by atoms with Gasteiger partial charge in [0.05, 0.1) is 11.7 Å². The van der Waals surface area contributed by atoms with E-state index in [9.17, 15) is 0 Å². The molecule has 2 heteroatoms. The van der Waals surface area contributed by atoms with Crippen molar-refractivity contribution in [1.82, 2.24) is 0 Å². The molecule has 0 aliphatic heterocycles. The number of hydrogen-bond donors (Lipinski definition) is 0. The van der Waals surface area contributed by atoms with Gasteiger partial charge in [-0.1, -0.05) is 6.58 Å². The van der Waals surface area contributed by atoms with Crippen molar-refractivity contribution >= 4 is 0 Å². The highest BCUT2D eigenvalue weighted by molar-refractivity contribution is 5.17. The highest BCUT2D eigenvalue weighted by Crippen LogP contribution is 2.16. The molecule has 0 rings (SSSR count). The van der Waals surface area contributed by atoms with Gasteiger partial charge in [0.15, 0.2) is 0 Å². The molecule has 0 N–H and O–H groups in total. The lowest BCUT2D eigenvalue weighted by Gasteiger charge is -2.21. The molecule has 0 unspecified atom stereocenters. The maximum Gasteiger partial charge on any atom is 0.0941 e. The Morgan fingerprint density at radius 3 is 2.50 bits per heavy atom. The molecule has 0 radical (unpaired) electrons. The molecule has 0 atom stereocenters. The molecule has 0 amide bonds. The van der Waals surface area contributed by atoms with Crippen LogP contribution in [0.5, 0.6) is 0 Å². The fourth-order valence-electron chi connectivity index (χ4n) is 0.626. The first-order valence-corrected chi connectivity index (χ1v) is 3.15. The molecule has 0 spiro atoms. The lowest BCUT2D eigenvalue weighted by atomic mass is 10.0. The van der Waals surface area contributed by atoms with E-state index >= 15 is 0 Å². The van der Waals surface area contributed by atoms with Crippen molar-refractivity contribution in [3.05, 3.63) is 12.2 Å². The van der Waals surface area contributed by atoms with Crippen molar-refractivity contribution in [2.45, 2.75) is 25.9 Å². The number of nitriles is 1. The van der Waals surface area contributed by atoms with Crippen LogP contribution in [0, 0.1) is 11.3 Å². The third-order valence-corrected chi connectivity index (χ3v) is 1.35. The second-order valence-electron chi connectivity index (χ2n) is 2.86. The molecule has 0 heterocycles. The molecule has 56 valence electrons. The van der Waals surface area contributed by atoms with Gasteiger partial charge in [0.2, 0.25) is 0 Å². The van der Waals surface area contributed by atoms with Crippen LogP contribution in [-0.2, 0) is 4.74 Å². The first-order valence-electron chi connectivity index (χ1n) is 3.15. The number of hydrogen-bond acceptors (Lipinski definition) is 2. The maximum atomic E-state index is 8.39. The van der Waals surface area contributed by atoms with Gasteiger partial charge in [0.25, 0.3) is 0 Å². The smallest absolute Gasteiger partial charge is 0.0941 e. The Hall–Kier alpha value is -0.810. The topological polar surface area (TPSA) is 33.0 Å². The summed E-state index contributed by atoms with van der Waals surface area (Å²) in [5.41, 5.74) is 0.305. The Morgan fingerprint density at radius 1 is 1.70 bits per heavy atom. The second-order valence-corrected chi connectivity index (χ2v) is 2.86. The van der Waals surface area contributed by atoms with Gasteiger partial charge in [-0.05, 0) is 13.8 Å². The first kappa shape index (κ1) is 9.19. The fourth-order valence-corrected chi connectivity index (χ4v) is 0.626. The van der Waals surface area contributed by atoms with E-state index in [1.54, 1.807) is 7.11 Å². The summed E-state index contributed by atoms with van der Waals surface area (Å²) in [4.78, 5) is 0. The predicted octanol–water partition coefficient (Wildman–Crippen LogP) is 1.88. The molecule has 0 aromatic heterocycles. The van der Waals surface area contributed by atoms with E-state index in [0.717, 1.165) is 0 Å². The first-order chi connectivity index (χ1) is 4.52. The van der Waals surface area contributed by atoms with Gasteiger partial charge < -0.3 is 4.74 Å². The largest absolute Gasteiger partial charge is 0.378 e. The van der Waals surface area contributed by atoms with E-state index in [0.29, 0.717) is 12.0 Å². The summed E-state index contributed by atoms with van der Waals surface area (Å²) in [6.45, 7) is 7.42. The summed E-state index contributed by atoms with van der Waals surface area (Å²) >= 11 is 0. The molecular weight excluding hydrogens is 126 g/mol. The van der Waals surface area contributed by atoms with Gasteiger partial charge in [-0.2, -0.15) is 5.26 Å². The zero-order chi connectivity index (χ0) is 8.20. The van der Waals surface area contributed by atoms with Crippen LogP contribution in [0.15, 0.2) is 12.2 Å². The summed E-state index contributed by atoms with van der Waals surface area (Å²) in [6.07, 6.45) is 0.597. The number of rotatable bonds is 3. The fraction of sp³-hybridized carbons (Fsp3) is 0.625. The van der Waals surface area contributed by atoms with E-state index in [-0.39, 0.29) is 5.60 Å². The Morgan fingerprint density at radius 2 is 2.20 bits per heavy atom. The lowest BCUT2D eigenvalue weighted by molar-refractivity contribution is 0.0241. The molecule has 0 saturated heterocycles. The van der Waals surface area contributed by atoms with Crippen molar-refractivity contribution in [3.8, 4) is 6.07 Å². The van der Waals surface area contributed by atoms with Gasteiger partial charge in [-0.25, -0.2) is 0 Å². The third kappa shape index (κ3) is 3.26. The van der Waals surface area contributed by atoms with Crippen LogP contribution in [0.25, 0.3) is 0 Å². The predicted molar refractivity (Wildman–Crippen MR) is 40.5 cm³/mol. The minimum Gasteiger partial charge on any atom is -0.378 e. The Bertz CT molecular complexity index is 165. The van der Waals surface area contributed by atoms with Gasteiger partial charge in [-0.3, -0.25) is 0 Å². The van der Waals surface area contributed by atoms with E-state index in [1.165, 1.54) is 0 Å². The molecule has 10 heavy (non-hydrogen) atoms. The minimum atomic E-state index is -0.257. The van der Waals surface area contributed by atoms with Crippen LogP contribution in [0.3, 0.4) is 0 Å². The third-order valence-electron chi connectivity index (χ3n) is 1.35. The van der Waals surface area contributed by atoms with Gasteiger partial charge in [-0.15, -0.1) is 0 Å². The highest BCUT2D eigenvalue weighted by Gasteiger charge is 2.16. The Balaban J connectivity index is 3.91. The number of methoxy groups -OCH3 is 1. The van der Waals surface area contributed by atoms with E-state index in [2.05, 4.69) is 6.58 Å². The number of ether oxygens (including phenoxy) is 1. The summed E-state index contributed by atoms with van der Waals surface area (Å²) in [6, 6.07) is 1.98. The van der Waals surface area contributed by atoms with Crippen LogP contribution in [0.2, 0.25) is 0 Å². The second kappa shape index (κ2) is 3.38. The molecule has 0 aliphatic rings. The molecule has 0 bridgehead atoms. The molecule has 0 fully saturated rings. The van der Waals surface area contributed by atoms with Gasteiger partial charge >= 0.3 is 0 Å². The van der Waals surface area contributed by atoms with Crippen LogP contribution >= 0.6 is 0 Å². The SMILES string of the molecule is C=C(C#N)CC(C)(C)OC. The maximum absolute atomic E-state index is 8.39. The van der Waals surface area contributed by atoms with Crippen LogP contribution in [-0.4, -0.2) is 12.7 Å². The quantitative estimate of drug-likeness (QED) is 0.559. The zero-order valence-corrected chi connectivity index (χ0v) is 6.77. The van der Waals surface area contributed by atoms with Gasteiger partial charge in [0.1, 0.15) is 0 Å². The van der Waals surface area contributed by atoms with E-state index < -0.39 is 0 Å². The molecule has 0 aromatic carbocycles. The van der Waals surface area contributed by atoms with Crippen LogP contribution in [0.4, 0.5) is 0 Å². The molecule has 0 aromatic rings. The molecule has 0 aliphatic carbocycles. The highest BCUT2D eigenvalue weighted by atomic mass is 16.5. The lowest BCUT2D eigenvalue weighted by Crippen LogP contribution is -2.22. The van der Waals surface area contributed by atoms with Crippen LogP contribution in [0.1, 0.15) is 20.3 Å². The van der Waals surface area contributed by atoms with Gasteiger partial charge in [0, 0.05) is 19.1 Å². The van der Waals surface area contributed by atoms with E-state index in [4.69, 9.17) is 10.00 Å². The van der Waals surface area contributed by atoms with Crippen molar-refractivity contribution < 1.29 is 4.74 Å². The van der Waals surface area contributed by atoms with Crippen molar-refractivity contribution in [2.75, 3.05) is 7.11 Å². The van der Waals surface area contributed by atoms with Crippen LogP contribution < -0.4 is 0 Å². The summed E-state index contributed by atoms with van der Waals surface area (Å²) < 4.78 is 5.10. The van der Waals surface area contributed by atoms with Crippen molar-refractivity contribution in [3.63, 3.8) is 0 Å². The molecule has 2 nitrogen and oxygen atoms in total. The minimum absolute atomic E-state index is 0.257. The summed E-state index contributed by atoms with van der Waals surface area (Å²) in [5.74, 6) is 0. The van der Waals surface area contributed by atoms with Crippen molar-refractivity contribution in [2.24, 2.45) is 0 Å². The number of nitrogens with zero attached hydrogens (tertiary/aromatic N) is 1. The molecular formula is C8H13NO. The average molecular weight is 139 g/mol. The average Bonchev–Trinajstić information content (AvgIpc) is 1.87. The Labute approximate surface area is 62.1 Å². The zero-order valence-electron chi connectivity index (χ0n) is 6.77. The van der Waals surface area contributed by atoms with Crippen molar-refractivity contribution in [1.29, 1.82) is 5.26 Å². The normalized spacial score (nSPS) is 10.6. The summed E-state index contributed by atoms with van der Waals surface area (Å²) in [5, 5.41) is 8.39. The molecule has 0 saturated carbocycles. The standard InChI is InChI=1S/C8H13NO/c1-7(6-9)5-8(2,3)10-4/h1,5H2,2-4H3. The monoisotopic (exact) mass is 139 g/mol.